The first-order valence-corrected chi connectivity index (χ1v) is 8.69. The molecule has 1 fully saturated rings. The zero-order chi connectivity index (χ0) is 15.2. The van der Waals surface area contributed by atoms with Crippen LogP contribution in [0.4, 0.5) is 4.79 Å². The first-order valence-electron chi connectivity index (χ1n) is 7.81. The summed E-state index contributed by atoms with van der Waals surface area (Å²) in [6.45, 7) is 1.43. The largest absolute Gasteiger partial charge is 0.333 e. The van der Waals surface area contributed by atoms with Crippen LogP contribution in [0, 0.1) is 0 Å². The van der Waals surface area contributed by atoms with Crippen LogP contribution in [0.3, 0.4) is 0 Å². The Hall–Kier alpha value is -1.88. The average molecular weight is 315 g/mol. The molecule has 1 saturated heterocycles. The topological polar surface area (TPSA) is 45.2 Å². The Bertz CT molecular complexity index is 585. The standard InChI is InChI=1S/C17H21N3OS/c21-17(19-13-15-5-4-12-22-15)20-11-3-1-2-6-16(20)14-7-9-18-10-8-14/h4-5,7-10,12,16H,1-3,6,11,13H2,(H,19,21). The molecule has 2 amide bonds. The highest BCUT2D eigenvalue weighted by atomic mass is 32.1. The maximum atomic E-state index is 12.6. The number of urea groups is 1. The van der Waals surface area contributed by atoms with Crippen molar-refractivity contribution in [1.29, 1.82) is 0 Å². The van der Waals surface area contributed by atoms with Crippen LogP contribution in [0.1, 0.15) is 42.2 Å². The fourth-order valence-corrected chi connectivity index (χ4v) is 3.61. The van der Waals surface area contributed by atoms with E-state index in [2.05, 4.69) is 10.3 Å². The van der Waals surface area contributed by atoms with E-state index in [1.807, 2.05) is 46.9 Å². The lowest BCUT2D eigenvalue weighted by molar-refractivity contribution is 0.175. The third-order valence-electron chi connectivity index (χ3n) is 4.10. The zero-order valence-corrected chi connectivity index (χ0v) is 13.4. The second-order valence-corrected chi connectivity index (χ2v) is 6.61. The van der Waals surface area contributed by atoms with Crippen molar-refractivity contribution in [2.45, 2.75) is 38.3 Å². The smallest absolute Gasteiger partial charge is 0.318 e. The number of carbonyl (C=O) groups is 1. The van der Waals surface area contributed by atoms with Crippen LogP contribution >= 0.6 is 11.3 Å². The SMILES string of the molecule is O=C(NCc1cccs1)N1CCCCCC1c1ccncc1. The Kier molecular flexibility index (Phi) is 5.06. The molecule has 1 atom stereocenters. The molecule has 1 aliphatic rings. The highest BCUT2D eigenvalue weighted by molar-refractivity contribution is 7.09. The van der Waals surface area contributed by atoms with Crippen molar-refractivity contribution in [2.24, 2.45) is 0 Å². The van der Waals surface area contributed by atoms with Gasteiger partial charge in [-0.1, -0.05) is 18.9 Å². The Balaban J connectivity index is 1.71. The van der Waals surface area contributed by atoms with Gasteiger partial charge in [-0.05, 0) is 42.0 Å². The quantitative estimate of drug-likeness (QED) is 0.931. The van der Waals surface area contributed by atoms with E-state index in [9.17, 15) is 4.79 Å². The van der Waals surface area contributed by atoms with Gasteiger partial charge in [0.15, 0.2) is 0 Å². The Morgan fingerprint density at radius 1 is 1.27 bits per heavy atom. The maximum Gasteiger partial charge on any atom is 0.318 e. The van der Waals surface area contributed by atoms with Crippen molar-refractivity contribution < 1.29 is 4.79 Å². The fraction of sp³-hybridized carbons (Fsp3) is 0.412. The van der Waals surface area contributed by atoms with Gasteiger partial charge in [-0.3, -0.25) is 4.98 Å². The summed E-state index contributed by atoms with van der Waals surface area (Å²) in [6.07, 6.45) is 8.08. The fourth-order valence-electron chi connectivity index (χ4n) is 2.96. The zero-order valence-electron chi connectivity index (χ0n) is 12.6. The van der Waals surface area contributed by atoms with E-state index < -0.39 is 0 Å². The van der Waals surface area contributed by atoms with E-state index in [1.54, 1.807) is 11.3 Å². The van der Waals surface area contributed by atoms with E-state index in [1.165, 1.54) is 23.3 Å². The lowest BCUT2D eigenvalue weighted by Crippen LogP contribution is -2.41. The molecule has 116 valence electrons. The molecule has 22 heavy (non-hydrogen) atoms. The van der Waals surface area contributed by atoms with Gasteiger partial charge in [0.25, 0.3) is 0 Å². The van der Waals surface area contributed by atoms with Gasteiger partial charge in [-0.15, -0.1) is 11.3 Å². The van der Waals surface area contributed by atoms with Crippen LogP contribution < -0.4 is 5.32 Å². The number of nitrogens with one attached hydrogen (secondary N) is 1. The van der Waals surface area contributed by atoms with Gasteiger partial charge < -0.3 is 10.2 Å². The summed E-state index contributed by atoms with van der Waals surface area (Å²) in [5.74, 6) is 0. The molecule has 3 rings (SSSR count). The minimum Gasteiger partial charge on any atom is -0.333 e. The predicted octanol–water partition coefficient (Wildman–Crippen LogP) is 3.97. The molecule has 1 aliphatic heterocycles. The Morgan fingerprint density at radius 3 is 2.91 bits per heavy atom. The van der Waals surface area contributed by atoms with Gasteiger partial charge in [-0.2, -0.15) is 0 Å². The van der Waals surface area contributed by atoms with Crippen LogP contribution in [0.5, 0.6) is 0 Å². The third-order valence-corrected chi connectivity index (χ3v) is 4.97. The Morgan fingerprint density at radius 2 is 2.14 bits per heavy atom. The molecule has 1 N–H and O–H groups in total. The monoisotopic (exact) mass is 315 g/mol. The number of pyridine rings is 1. The van der Waals surface area contributed by atoms with Gasteiger partial charge in [-0.25, -0.2) is 4.79 Å². The second-order valence-electron chi connectivity index (χ2n) is 5.58. The van der Waals surface area contributed by atoms with Crippen molar-refractivity contribution >= 4 is 17.4 Å². The summed E-state index contributed by atoms with van der Waals surface area (Å²) < 4.78 is 0. The van der Waals surface area contributed by atoms with Crippen LogP contribution in [0.25, 0.3) is 0 Å². The van der Waals surface area contributed by atoms with Crippen molar-refractivity contribution in [1.82, 2.24) is 15.2 Å². The molecule has 5 heteroatoms. The molecule has 2 aromatic rings. The maximum absolute atomic E-state index is 12.6. The number of nitrogens with zero attached hydrogens (tertiary/aromatic N) is 2. The molecular weight excluding hydrogens is 294 g/mol. The lowest BCUT2D eigenvalue weighted by atomic mass is 10.0. The number of carbonyl (C=O) groups excluding carboxylic acids is 1. The van der Waals surface area contributed by atoms with Crippen LogP contribution in [-0.4, -0.2) is 22.5 Å². The molecule has 4 nitrogen and oxygen atoms in total. The number of hydrogen-bond acceptors (Lipinski definition) is 3. The van der Waals surface area contributed by atoms with Gasteiger partial charge in [0, 0.05) is 23.8 Å². The van der Waals surface area contributed by atoms with Crippen molar-refractivity contribution in [2.75, 3.05) is 6.54 Å². The molecule has 0 aromatic carbocycles. The summed E-state index contributed by atoms with van der Waals surface area (Å²) in [4.78, 5) is 19.9. The molecule has 0 radical (unpaired) electrons. The highest BCUT2D eigenvalue weighted by Gasteiger charge is 2.26. The van der Waals surface area contributed by atoms with Crippen LogP contribution in [0.2, 0.25) is 0 Å². The highest BCUT2D eigenvalue weighted by Crippen LogP contribution is 2.29. The summed E-state index contributed by atoms with van der Waals surface area (Å²) in [7, 11) is 0. The van der Waals surface area contributed by atoms with E-state index in [0.717, 1.165) is 19.4 Å². The summed E-state index contributed by atoms with van der Waals surface area (Å²) in [5.41, 5.74) is 1.18. The molecule has 3 heterocycles. The first-order chi connectivity index (χ1) is 10.8. The van der Waals surface area contributed by atoms with Gasteiger partial charge in [0.05, 0.1) is 12.6 Å². The Labute approximate surface area is 135 Å². The number of thiophene rings is 1. The average Bonchev–Trinajstić information content (AvgIpc) is 2.96. The number of amides is 2. The number of hydrogen-bond donors (Lipinski definition) is 1. The van der Waals surface area contributed by atoms with Gasteiger partial charge in [0.1, 0.15) is 0 Å². The first kappa shape index (κ1) is 15.0. The van der Waals surface area contributed by atoms with E-state index in [-0.39, 0.29) is 12.1 Å². The number of likely N-dealkylation sites (tertiary alicyclic amines) is 1. The minimum atomic E-state index is 0.0390. The normalized spacial score (nSPS) is 18.7. The molecule has 0 saturated carbocycles. The van der Waals surface area contributed by atoms with Crippen LogP contribution in [-0.2, 0) is 6.54 Å². The van der Waals surface area contributed by atoms with Crippen molar-refractivity contribution in [3.8, 4) is 0 Å². The van der Waals surface area contributed by atoms with Gasteiger partial charge >= 0.3 is 6.03 Å². The van der Waals surface area contributed by atoms with E-state index >= 15 is 0 Å². The van der Waals surface area contributed by atoms with Crippen LogP contribution in [0.15, 0.2) is 42.0 Å². The van der Waals surface area contributed by atoms with E-state index in [0.29, 0.717) is 6.54 Å². The second kappa shape index (κ2) is 7.40. The number of rotatable bonds is 3. The van der Waals surface area contributed by atoms with Crippen molar-refractivity contribution in [3.05, 3.63) is 52.5 Å². The molecular formula is C17H21N3OS. The molecule has 0 aliphatic carbocycles. The summed E-state index contributed by atoms with van der Waals surface area (Å²) >= 11 is 1.67. The number of aromatic nitrogens is 1. The van der Waals surface area contributed by atoms with E-state index in [4.69, 9.17) is 0 Å². The molecule has 1 unspecified atom stereocenters. The van der Waals surface area contributed by atoms with Gasteiger partial charge in [0.2, 0.25) is 0 Å². The molecule has 2 aromatic heterocycles. The minimum absolute atomic E-state index is 0.0390. The third kappa shape index (κ3) is 3.65. The summed E-state index contributed by atoms with van der Waals surface area (Å²) in [5, 5.41) is 5.10. The van der Waals surface area contributed by atoms with Crippen molar-refractivity contribution in [3.63, 3.8) is 0 Å². The predicted molar refractivity (Wildman–Crippen MR) is 88.7 cm³/mol. The summed E-state index contributed by atoms with van der Waals surface area (Å²) in [6, 6.07) is 8.31. The molecule has 0 bridgehead atoms. The lowest BCUT2D eigenvalue weighted by Gasteiger charge is -2.30. The molecule has 0 spiro atoms.